The molecule has 2 atom stereocenters. The number of carbonyl (C=O) groups is 2. The van der Waals surface area contributed by atoms with Crippen LogP contribution >= 0.6 is 0 Å². The van der Waals surface area contributed by atoms with Crippen LogP contribution in [0, 0.1) is 0 Å². The summed E-state index contributed by atoms with van der Waals surface area (Å²) in [5.74, 6) is -0.0285. The summed E-state index contributed by atoms with van der Waals surface area (Å²) in [7, 11) is 0. The minimum atomic E-state index is -0.668. The predicted molar refractivity (Wildman–Crippen MR) is 297 cm³/mol. The summed E-state index contributed by atoms with van der Waals surface area (Å²) >= 11 is 0. The van der Waals surface area contributed by atoms with Crippen LogP contribution in [0.1, 0.15) is 348 Å². The molecular formula is C62H121NO5. The van der Waals surface area contributed by atoms with Gasteiger partial charge in [0.05, 0.1) is 25.4 Å². The van der Waals surface area contributed by atoms with Gasteiger partial charge in [0.2, 0.25) is 5.91 Å². The van der Waals surface area contributed by atoms with Crippen LogP contribution in [-0.2, 0) is 14.3 Å². The van der Waals surface area contributed by atoms with E-state index in [0.717, 1.165) is 38.5 Å². The van der Waals surface area contributed by atoms with E-state index in [-0.39, 0.29) is 18.5 Å². The molecule has 0 aliphatic rings. The first-order valence-electron chi connectivity index (χ1n) is 30.9. The van der Waals surface area contributed by atoms with Crippen LogP contribution in [0.15, 0.2) is 12.2 Å². The van der Waals surface area contributed by atoms with Crippen molar-refractivity contribution in [2.24, 2.45) is 0 Å². The minimum Gasteiger partial charge on any atom is -0.466 e. The Bertz CT molecular complexity index is 1020. The van der Waals surface area contributed by atoms with Gasteiger partial charge in [-0.15, -0.1) is 0 Å². The van der Waals surface area contributed by atoms with Gasteiger partial charge in [0.25, 0.3) is 0 Å². The van der Waals surface area contributed by atoms with Crippen LogP contribution in [0.3, 0.4) is 0 Å². The van der Waals surface area contributed by atoms with Gasteiger partial charge in [0.1, 0.15) is 0 Å². The average molecular weight is 961 g/mol. The average Bonchev–Trinajstić information content (AvgIpc) is 3.34. The second-order valence-corrected chi connectivity index (χ2v) is 21.4. The fourth-order valence-corrected chi connectivity index (χ4v) is 9.81. The summed E-state index contributed by atoms with van der Waals surface area (Å²) in [6.07, 6.45) is 69.3. The smallest absolute Gasteiger partial charge is 0.305 e. The zero-order valence-corrected chi connectivity index (χ0v) is 46.1. The van der Waals surface area contributed by atoms with Gasteiger partial charge in [0, 0.05) is 12.8 Å². The molecule has 1 amide bonds. The van der Waals surface area contributed by atoms with Crippen LogP contribution in [-0.4, -0.2) is 47.4 Å². The maximum Gasteiger partial charge on any atom is 0.305 e. The van der Waals surface area contributed by atoms with Crippen LogP contribution in [0.2, 0.25) is 0 Å². The Morgan fingerprint density at radius 1 is 0.397 bits per heavy atom. The minimum absolute atomic E-state index is 0.0118. The highest BCUT2D eigenvalue weighted by Gasteiger charge is 2.20. The number of allylic oxidation sites excluding steroid dienone is 2. The number of unbranched alkanes of at least 4 members (excludes halogenated alkanes) is 45. The number of aliphatic hydroxyl groups excluding tert-OH is 2. The molecule has 0 aliphatic carbocycles. The van der Waals surface area contributed by atoms with Crippen molar-refractivity contribution in [1.82, 2.24) is 5.32 Å². The third kappa shape index (κ3) is 53.9. The summed E-state index contributed by atoms with van der Waals surface area (Å²) in [6, 6.07) is -0.546. The normalized spacial score (nSPS) is 12.6. The Morgan fingerprint density at radius 3 is 1.04 bits per heavy atom. The lowest BCUT2D eigenvalue weighted by atomic mass is 10.0. The predicted octanol–water partition coefficient (Wildman–Crippen LogP) is 19.2. The first kappa shape index (κ1) is 66.6. The molecule has 0 saturated heterocycles. The maximum absolute atomic E-state index is 12.5. The van der Waals surface area contributed by atoms with Crippen molar-refractivity contribution in [2.45, 2.75) is 360 Å². The number of nitrogens with one attached hydrogen (secondary N) is 1. The molecule has 0 saturated carbocycles. The van der Waals surface area contributed by atoms with E-state index >= 15 is 0 Å². The van der Waals surface area contributed by atoms with Crippen molar-refractivity contribution in [3.63, 3.8) is 0 Å². The van der Waals surface area contributed by atoms with Crippen LogP contribution in [0.25, 0.3) is 0 Å². The fraction of sp³-hybridized carbons (Fsp3) is 0.935. The SMILES string of the molecule is CCCCCCCCCCCCCCCCCC(=O)OCCCCCCCCCCCC/C=C\CCCCCCCCCC(=O)NC(CO)C(O)CCCCCCCCCCCCCCCCC. The lowest BCUT2D eigenvalue weighted by Gasteiger charge is -2.22. The molecule has 0 radical (unpaired) electrons. The van der Waals surface area contributed by atoms with Gasteiger partial charge in [-0.25, -0.2) is 0 Å². The summed E-state index contributed by atoms with van der Waals surface area (Å²) in [4.78, 5) is 24.5. The van der Waals surface area contributed by atoms with E-state index in [2.05, 4.69) is 31.3 Å². The van der Waals surface area contributed by atoms with Crippen molar-refractivity contribution in [1.29, 1.82) is 0 Å². The van der Waals surface area contributed by atoms with Crippen molar-refractivity contribution < 1.29 is 24.5 Å². The summed E-state index contributed by atoms with van der Waals surface area (Å²) < 4.78 is 5.49. The summed E-state index contributed by atoms with van der Waals surface area (Å²) in [6.45, 7) is 4.97. The van der Waals surface area contributed by atoms with Gasteiger partial charge in [-0.05, 0) is 51.4 Å². The molecule has 0 aromatic heterocycles. The lowest BCUT2D eigenvalue weighted by Crippen LogP contribution is -2.45. The van der Waals surface area contributed by atoms with E-state index in [9.17, 15) is 19.8 Å². The molecule has 0 rings (SSSR count). The number of amides is 1. The number of carbonyl (C=O) groups excluding carboxylic acids is 2. The van der Waals surface area contributed by atoms with E-state index in [0.29, 0.717) is 25.9 Å². The number of rotatable bonds is 58. The number of ether oxygens (including phenoxy) is 1. The highest BCUT2D eigenvalue weighted by Crippen LogP contribution is 2.18. The third-order valence-corrected chi connectivity index (χ3v) is 14.6. The molecule has 404 valence electrons. The van der Waals surface area contributed by atoms with Gasteiger partial charge >= 0.3 is 5.97 Å². The van der Waals surface area contributed by atoms with Gasteiger partial charge in [-0.2, -0.15) is 0 Å². The molecule has 2 unspecified atom stereocenters. The van der Waals surface area contributed by atoms with E-state index in [1.165, 1.54) is 276 Å². The molecule has 3 N–H and O–H groups in total. The maximum atomic E-state index is 12.5. The molecule has 6 nitrogen and oxygen atoms in total. The second kappa shape index (κ2) is 58.2. The lowest BCUT2D eigenvalue weighted by molar-refractivity contribution is -0.143. The van der Waals surface area contributed by atoms with Gasteiger partial charge in [0.15, 0.2) is 0 Å². The van der Waals surface area contributed by atoms with Crippen LogP contribution < -0.4 is 5.32 Å². The van der Waals surface area contributed by atoms with Gasteiger partial charge in [-0.1, -0.05) is 296 Å². The number of aliphatic hydroxyl groups is 2. The Labute approximate surface area is 425 Å². The van der Waals surface area contributed by atoms with Gasteiger partial charge in [-0.3, -0.25) is 9.59 Å². The third-order valence-electron chi connectivity index (χ3n) is 14.6. The fourth-order valence-electron chi connectivity index (χ4n) is 9.81. The van der Waals surface area contributed by atoms with Crippen molar-refractivity contribution in [3.8, 4) is 0 Å². The molecule has 0 aliphatic heterocycles. The van der Waals surface area contributed by atoms with E-state index in [1.54, 1.807) is 0 Å². The summed E-state index contributed by atoms with van der Waals surface area (Å²) in [5, 5.41) is 23.3. The molecule has 0 aromatic rings. The Balaban J connectivity index is 3.40. The molecule has 0 fully saturated rings. The highest BCUT2D eigenvalue weighted by atomic mass is 16.5. The van der Waals surface area contributed by atoms with E-state index in [1.807, 2.05) is 0 Å². The number of hydrogen-bond acceptors (Lipinski definition) is 5. The second-order valence-electron chi connectivity index (χ2n) is 21.4. The van der Waals surface area contributed by atoms with Gasteiger partial charge < -0.3 is 20.3 Å². The Hall–Kier alpha value is -1.40. The van der Waals surface area contributed by atoms with E-state index < -0.39 is 12.1 Å². The quantitative estimate of drug-likeness (QED) is 0.0321. The first-order chi connectivity index (χ1) is 33.5. The zero-order valence-electron chi connectivity index (χ0n) is 46.1. The van der Waals surface area contributed by atoms with Crippen molar-refractivity contribution in [3.05, 3.63) is 12.2 Å². The first-order valence-corrected chi connectivity index (χ1v) is 30.9. The van der Waals surface area contributed by atoms with Crippen molar-refractivity contribution >= 4 is 11.9 Å². The summed E-state index contributed by atoms with van der Waals surface area (Å²) in [5.41, 5.74) is 0. The topological polar surface area (TPSA) is 95.9 Å². The zero-order chi connectivity index (χ0) is 49.3. The van der Waals surface area contributed by atoms with E-state index in [4.69, 9.17) is 4.74 Å². The molecule has 0 heterocycles. The van der Waals surface area contributed by atoms with Crippen molar-refractivity contribution in [2.75, 3.05) is 13.2 Å². The molecule has 68 heavy (non-hydrogen) atoms. The molecule has 0 aromatic carbocycles. The van der Waals surface area contributed by atoms with Crippen LogP contribution in [0.5, 0.6) is 0 Å². The molecule has 0 bridgehead atoms. The Morgan fingerprint density at radius 2 is 0.691 bits per heavy atom. The largest absolute Gasteiger partial charge is 0.466 e. The highest BCUT2D eigenvalue weighted by molar-refractivity contribution is 5.76. The van der Waals surface area contributed by atoms with Crippen LogP contribution in [0.4, 0.5) is 0 Å². The molecule has 0 spiro atoms. The standard InChI is InChI=1S/C62H121NO5/c1-3-5-7-9-11-13-15-17-26-30-34-38-42-46-50-54-60(65)59(58-64)63-61(66)55-51-47-43-39-35-31-28-24-22-20-19-21-23-25-29-33-37-41-45-49-53-57-68-62(67)56-52-48-44-40-36-32-27-18-16-14-12-10-8-6-4-2/h20,22,59-60,64-65H,3-19,21,23-58H2,1-2H3,(H,63,66)/b22-20-. The number of hydrogen-bond donors (Lipinski definition) is 3. The molecular weight excluding hydrogens is 839 g/mol. The molecule has 6 heteroatoms. The number of esters is 1. The Kier molecular flexibility index (Phi) is 57.0. The monoisotopic (exact) mass is 960 g/mol.